The minimum Gasteiger partial charge on any atom is -0.444 e. The highest BCUT2D eigenvalue weighted by Crippen LogP contribution is 2.51. The summed E-state index contributed by atoms with van der Waals surface area (Å²) in [5.74, 6) is -6.50. The van der Waals surface area contributed by atoms with E-state index in [-0.39, 0.29) is 37.1 Å². The van der Waals surface area contributed by atoms with E-state index in [9.17, 15) is 27.2 Å². The molecule has 162 valence electrons. The highest BCUT2D eigenvalue weighted by Gasteiger charge is 2.50. The summed E-state index contributed by atoms with van der Waals surface area (Å²) in [5.41, 5.74) is -0.798. The lowest BCUT2D eigenvalue weighted by Crippen LogP contribution is -2.50. The average molecular weight is 410 g/mol. The zero-order chi connectivity index (χ0) is 21.3. The Hall–Kier alpha value is -1.54. The zero-order valence-electron chi connectivity index (χ0n) is 16.8. The maximum absolute atomic E-state index is 13.5. The summed E-state index contributed by atoms with van der Waals surface area (Å²) in [6.07, 6.45) is -1.17. The van der Waals surface area contributed by atoms with Crippen molar-refractivity contribution in [3.63, 3.8) is 0 Å². The van der Waals surface area contributed by atoms with Crippen LogP contribution in [-0.4, -0.2) is 41.5 Å². The van der Waals surface area contributed by atoms with Gasteiger partial charge in [-0.25, -0.2) is 22.4 Å². The Balaban J connectivity index is 1.94. The molecule has 0 aromatic heterocycles. The third-order valence-electron chi connectivity index (χ3n) is 5.19. The molecule has 0 aromatic rings. The van der Waals surface area contributed by atoms with Gasteiger partial charge in [0, 0.05) is 25.3 Å². The predicted octanol–water partition coefficient (Wildman–Crippen LogP) is 4.26. The van der Waals surface area contributed by atoms with Gasteiger partial charge in [-0.15, -0.1) is 0 Å². The summed E-state index contributed by atoms with van der Waals surface area (Å²) in [6, 6.07) is -1.47. The second-order valence-corrected chi connectivity index (χ2v) is 9.27. The van der Waals surface area contributed by atoms with Crippen LogP contribution >= 0.6 is 0 Å². The molecule has 2 unspecified atom stereocenters. The summed E-state index contributed by atoms with van der Waals surface area (Å²) in [7, 11) is 0. The summed E-state index contributed by atoms with van der Waals surface area (Å²) in [6.45, 7) is 5.69. The van der Waals surface area contributed by atoms with Crippen molar-refractivity contribution in [1.29, 1.82) is 0 Å². The van der Waals surface area contributed by atoms with Crippen molar-refractivity contribution in [3.8, 4) is 0 Å². The van der Waals surface area contributed by atoms with Gasteiger partial charge in [0.15, 0.2) is 0 Å². The van der Waals surface area contributed by atoms with Crippen molar-refractivity contribution in [3.05, 3.63) is 0 Å². The Morgan fingerprint density at radius 3 is 2.11 bits per heavy atom. The van der Waals surface area contributed by atoms with Crippen LogP contribution in [0.1, 0.15) is 66.2 Å². The number of carbonyl (C=O) groups excluding carboxylic acids is 2. The van der Waals surface area contributed by atoms with Crippen LogP contribution in [0.2, 0.25) is 0 Å². The van der Waals surface area contributed by atoms with Gasteiger partial charge in [0.2, 0.25) is 17.8 Å². The van der Waals surface area contributed by atoms with Crippen LogP contribution in [0.25, 0.3) is 0 Å². The molecule has 0 heterocycles. The van der Waals surface area contributed by atoms with E-state index in [1.807, 2.05) is 0 Å². The lowest BCUT2D eigenvalue weighted by molar-refractivity contribution is -0.124. The zero-order valence-corrected chi connectivity index (χ0v) is 16.8. The number of hydrogen-bond acceptors (Lipinski definition) is 3. The van der Waals surface area contributed by atoms with Crippen LogP contribution in [0.5, 0.6) is 0 Å². The molecule has 9 heteroatoms. The molecular formula is C19H30F4N2O3. The van der Waals surface area contributed by atoms with Crippen LogP contribution < -0.4 is 10.6 Å². The van der Waals surface area contributed by atoms with Gasteiger partial charge < -0.3 is 15.4 Å². The number of alkyl halides is 4. The van der Waals surface area contributed by atoms with Crippen LogP contribution in [0.15, 0.2) is 0 Å². The van der Waals surface area contributed by atoms with E-state index in [2.05, 4.69) is 10.6 Å². The number of carbonyl (C=O) groups is 2. The molecule has 0 aliphatic heterocycles. The highest BCUT2D eigenvalue weighted by molar-refractivity contribution is 5.85. The first-order valence-electron chi connectivity index (χ1n) is 9.69. The van der Waals surface area contributed by atoms with Gasteiger partial charge in [-0.2, -0.15) is 0 Å². The number of fused-ring (bicyclic) bond motifs is 1. The monoisotopic (exact) mass is 410 g/mol. The van der Waals surface area contributed by atoms with Gasteiger partial charge in [0.25, 0.3) is 0 Å². The highest BCUT2D eigenvalue weighted by atomic mass is 19.3. The van der Waals surface area contributed by atoms with Gasteiger partial charge in [-0.05, 0) is 58.8 Å². The molecule has 2 rings (SSSR count). The van der Waals surface area contributed by atoms with Gasteiger partial charge in [0.1, 0.15) is 11.6 Å². The topological polar surface area (TPSA) is 67.4 Å². The molecule has 0 spiro atoms. The van der Waals surface area contributed by atoms with Crippen LogP contribution in [0.4, 0.5) is 22.4 Å². The largest absolute Gasteiger partial charge is 0.444 e. The molecule has 2 N–H and O–H groups in total. The summed E-state index contributed by atoms with van der Waals surface area (Å²) >= 11 is 0. The molecule has 2 aliphatic rings. The van der Waals surface area contributed by atoms with Crippen LogP contribution in [-0.2, 0) is 9.53 Å². The molecule has 0 bridgehead atoms. The molecule has 5 nitrogen and oxygen atoms in total. The molecule has 2 fully saturated rings. The fourth-order valence-electron chi connectivity index (χ4n) is 4.10. The first-order chi connectivity index (χ1) is 12.6. The maximum atomic E-state index is 13.5. The standard InChI is InChI=1S/C19H30F4N2O3/c1-17(2,3)28-16(27)25-14(5-6-18(4,20)21)15(26)24-13-7-11-9-19(22,23)10-12(11)8-13/h11-14H,5-10H2,1-4H3,(H,24,26)(H,25,27)/t11?,12?,13?,14-/m1/s1. The number of hydrogen-bond donors (Lipinski definition) is 2. The third kappa shape index (κ3) is 7.13. The van der Waals surface area contributed by atoms with Gasteiger partial charge >= 0.3 is 6.09 Å². The van der Waals surface area contributed by atoms with Gasteiger partial charge in [-0.3, -0.25) is 4.79 Å². The van der Waals surface area contributed by atoms with Gasteiger partial charge in [-0.1, -0.05) is 0 Å². The third-order valence-corrected chi connectivity index (χ3v) is 5.19. The van der Waals surface area contributed by atoms with Crippen molar-refractivity contribution in [2.45, 2.75) is 95.7 Å². The van der Waals surface area contributed by atoms with Crippen molar-refractivity contribution in [1.82, 2.24) is 10.6 Å². The molecule has 0 aromatic carbocycles. The quantitative estimate of drug-likeness (QED) is 0.643. The number of ether oxygens (including phenoxy) is 1. The smallest absolute Gasteiger partial charge is 0.408 e. The lowest BCUT2D eigenvalue weighted by atomic mass is 10.0. The predicted molar refractivity (Wildman–Crippen MR) is 95.3 cm³/mol. The normalized spacial score (nSPS) is 27.8. The molecule has 0 radical (unpaired) electrons. The van der Waals surface area contributed by atoms with E-state index in [0.29, 0.717) is 12.8 Å². The number of alkyl carbamates (subject to hydrolysis) is 1. The molecule has 2 amide bonds. The van der Waals surface area contributed by atoms with E-state index < -0.39 is 41.9 Å². The Labute approximate surface area is 162 Å². The Kier molecular flexibility index (Phi) is 6.55. The van der Waals surface area contributed by atoms with Gasteiger partial charge in [0.05, 0.1) is 0 Å². The van der Waals surface area contributed by atoms with E-state index >= 15 is 0 Å². The van der Waals surface area contributed by atoms with E-state index in [1.165, 1.54) is 0 Å². The first-order valence-corrected chi connectivity index (χ1v) is 9.69. The first kappa shape index (κ1) is 22.7. The molecule has 2 aliphatic carbocycles. The maximum Gasteiger partial charge on any atom is 0.408 e. The van der Waals surface area contributed by atoms with Crippen molar-refractivity contribution < 1.29 is 31.9 Å². The number of nitrogens with one attached hydrogen (secondary N) is 2. The molecule has 0 saturated heterocycles. The SMILES string of the molecule is CC(F)(F)CC[C@@H](NC(=O)OC(C)(C)C)C(=O)NC1CC2CC(F)(F)CC2C1. The second kappa shape index (κ2) is 8.06. The molecule has 3 atom stereocenters. The van der Waals surface area contributed by atoms with Crippen LogP contribution in [0, 0.1) is 11.8 Å². The number of amides is 2. The summed E-state index contributed by atoms with van der Waals surface area (Å²) < 4.78 is 58.5. The minimum atomic E-state index is -2.98. The van der Waals surface area contributed by atoms with E-state index in [1.54, 1.807) is 20.8 Å². The molecular weight excluding hydrogens is 380 g/mol. The van der Waals surface area contributed by atoms with Crippen molar-refractivity contribution >= 4 is 12.0 Å². The minimum absolute atomic E-state index is 0.141. The lowest BCUT2D eigenvalue weighted by Gasteiger charge is -2.25. The fourth-order valence-corrected chi connectivity index (χ4v) is 4.10. The van der Waals surface area contributed by atoms with Crippen molar-refractivity contribution in [2.75, 3.05) is 0 Å². The molecule has 2 saturated carbocycles. The Bertz CT molecular complexity index is 571. The summed E-state index contributed by atoms with van der Waals surface area (Å²) in [4.78, 5) is 24.6. The average Bonchev–Trinajstić information content (AvgIpc) is 2.92. The molecule has 28 heavy (non-hydrogen) atoms. The van der Waals surface area contributed by atoms with E-state index in [4.69, 9.17) is 4.74 Å². The summed E-state index contributed by atoms with van der Waals surface area (Å²) in [5, 5.41) is 5.10. The fraction of sp³-hybridized carbons (Fsp3) is 0.895. The second-order valence-electron chi connectivity index (χ2n) is 9.27. The number of rotatable bonds is 6. The number of halogens is 4. The van der Waals surface area contributed by atoms with E-state index in [0.717, 1.165) is 6.92 Å². The van der Waals surface area contributed by atoms with Crippen molar-refractivity contribution in [2.24, 2.45) is 11.8 Å². The van der Waals surface area contributed by atoms with Crippen LogP contribution in [0.3, 0.4) is 0 Å². The Morgan fingerprint density at radius 2 is 1.64 bits per heavy atom. The Morgan fingerprint density at radius 1 is 1.11 bits per heavy atom.